The van der Waals surface area contributed by atoms with Crippen molar-refractivity contribution in [2.75, 3.05) is 25.4 Å². The SMILES string of the molecule is C=C/C=C(\C=C/C)S(=O)N1CCSC12CCN(C(=O)OC(C)(C)C)CC2.CC.CC.CC. The molecule has 0 saturated carbocycles. The number of nitrogens with zero attached hydrogens (tertiary/aromatic N) is 2. The molecule has 7 heteroatoms. The average Bonchev–Trinajstić information content (AvgIpc) is 3.19. The van der Waals surface area contributed by atoms with Gasteiger partial charge in [-0.25, -0.2) is 13.3 Å². The van der Waals surface area contributed by atoms with E-state index in [2.05, 4.69) is 10.9 Å². The van der Waals surface area contributed by atoms with E-state index in [0.29, 0.717) is 13.1 Å². The van der Waals surface area contributed by atoms with Crippen molar-refractivity contribution in [2.24, 2.45) is 0 Å². The highest BCUT2D eigenvalue weighted by molar-refractivity contribution is 8.01. The highest BCUT2D eigenvalue weighted by Gasteiger charge is 2.48. The maximum absolute atomic E-state index is 13.2. The van der Waals surface area contributed by atoms with Gasteiger partial charge in [0, 0.05) is 25.4 Å². The molecule has 2 saturated heterocycles. The zero-order valence-corrected chi connectivity index (χ0v) is 23.8. The summed E-state index contributed by atoms with van der Waals surface area (Å²) in [6, 6.07) is 0. The predicted octanol–water partition coefficient (Wildman–Crippen LogP) is 7.15. The molecule has 0 bridgehead atoms. The average molecular weight is 489 g/mol. The fraction of sp³-hybridized carbons (Fsp3) is 0.720. The highest BCUT2D eigenvalue weighted by Crippen LogP contribution is 2.45. The Balaban J connectivity index is 0. The number of allylic oxidation sites excluding steroid dienone is 4. The van der Waals surface area contributed by atoms with Gasteiger partial charge in [-0.05, 0) is 52.7 Å². The Kier molecular flexibility index (Phi) is 18.0. The van der Waals surface area contributed by atoms with Gasteiger partial charge in [-0.3, -0.25) is 0 Å². The van der Waals surface area contributed by atoms with Gasteiger partial charge in [-0.1, -0.05) is 60.3 Å². The Hall–Kier alpha value is -1.05. The number of carbonyl (C=O) groups excluding carboxylic acids is 1. The molecule has 5 nitrogen and oxygen atoms in total. The highest BCUT2D eigenvalue weighted by atomic mass is 32.2. The molecule has 2 rings (SSSR count). The number of amides is 1. The minimum atomic E-state index is -1.23. The second-order valence-corrected chi connectivity index (χ2v) is 10.3. The lowest BCUT2D eigenvalue weighted by molar-refractivity contribution is 0.0168. The fourth-order valence-corrected chi connectivity index (χ4v) is 6.47. The summed E-state index contributed by atoms with van der Waals surface area (Å²) in [5.41, 5.74) is -0.487. The number of carbonyl (C=O) groups is 1. The van der Waals surface area contributed by atoms with E-state index >= 15 is 0 Å². The van der Waals surface area contributed by atoms with Gasteiger partial charge in [-0.15, -0.1) is 11.8 Å². The third-order valence-corrected chi connectivity index (χ3v) is 7.61. The van der Waals surface area contributed by atoms with Crippen LogP contribution in [-0.4, -0.2) is 55.4 Å². The van der Waals surface area contributed by atoms with E-state index in [9.17, 15) is 9.00 Å². The molecular weight excluding hydrogens is 440 g/mol. The smallest absolute Gasteiger partial charge is 0.410 e. The van der Waals surface area contributed by atoms with E-state index in [1.54, 1.807) is 11.0 Å². The van der Waals surface area contributed by atoms with Gasteiger partial charge >= 0.3 is 6.09 Å². The molecule has 1 atom stereocenters. The van der Waals surface area contributed by atoms with Crippen LogP contribution in [0, 0.1) is 0 Å². The molecule has 0 aromatic rings. The largest absolute Gasteiger partial charge is 0.444 e. The number of likely N-dealkylation sites (tertiary alicyclic amines) is 1. The van der Waals surface area contributed by atoms with Crippen LogP contribution >= 0.6 is 11.8 Å². The topological polar surface area (TPSA) is 49.9 Å². The predicted molar refractivity (Wildman–Crippen MR) is 144 cm³/mol. The summed E-state index contributed by atoms with van der Waals surface area (Å²) in [5.74, 6) is 0.954. The quantitative estimate of drug-likeness (QED) is 0.394. The van der Waals surface area contributed by atoms with Crippen molar-refractivity contribution in [3.63, 3.8) is 0 Å². The Labute approximate surface area is 205 Å². The van der Waals surface area contributed by atoms with Crippen molar-refractivity contribution in [3.05, 3.63) is 35.8 Å². The van der Waals surface area contributed by atoms with Crippen LogP contribution in [0.25, 0.3) is 0 Å². The van der Waals surface area contributed by atoms with Crippen molar-refractivity contribution in [1.29, 1.82) is 0 Å². The number of hydrogen-bond donors (Lipinski definition) is 0. The molecule has 1 spiro atoms. The van der Waals surface area contributed by atoms with Crippen LogP contribution in [0.3, 0.4) is 0 Å². The van der Waals surface area contributed by atoms with E-state index in [0.717, 1.165) is 30.0 Å². The summed E-state index contributed by atoms with van der Waals surface area (Å²) < 4.78 is 20.7. The van der Waals surface area contributed by atoms with Crippen molar-refractivity contribution < 1.29 is 13.7 Å². The summed E-state index contributed by atoms with van der Waals surface area (Å²) in [5, 5.41) is 0. The third-order valence-electron chi connectivity index (χ3n) is 4.33. The standard InChI is InChI=1S/C19H30N2O3S2.3C2H6/c1-6-8-16(9-7-2)26(23)21-14-15-25-19(21)10-12-20(13-11-19)17(22)24-18(3,4)5;3*1-2/h6-9H,1,10-15H2,2-5H3;3*1-2H3/b9-7-,16-8+;;;. The van der Waals surface area contributed by atoms with Crippen LogP contribution in [-0.2, 0) is 15.7 Å². The van der Waals surface area contributed by atoms with Crippen molar-refractivity contribution in [2.45, 2.75) is 92.6 Å². The molecule has 1 amide bonds. The summed E-state index contributed by atoms with van der Waals surface area (Å²) in [4.78, 5) is 14.7. The van der Waals surface area contributed by atoms with E-state index in [-0.39, 0.29) is 11.0 Å². The molecule has 2 fully saturated rings. The maximum atomic E-state index is 13.2. The minimum Gasteiger partial charge on any atom is -0.444 e. The summed E-state index contributed by atoms with van der Waals surface area (Å²) >= 11 is 1.86. The first-order valence-electron chi connectivity index (χ1n) is 12.0. The van der Waals surface area contributed by atoms with Gasteiger partial charge in [0.25, 0.3) is 0 Å². The molecule has 0 aliphatic carbocycles. The fourth-order valence-electron chi connectivity index (χ4n) is 3.17. The molecule has 188 valence electrons. The van der Waals surface area contributed by atoms with Crippen LogP contribution < -0.4 is 0 Å². The van der Waals surface area contributed by atoms with Gasteiger partial charge in [0.05, 0.1) is 9.78 Å². The molecule has 32 heavy (non-hydrogen) atoms. The Morgan fingerprint density at radius 1 is 1.06 bits per heavy atom. The zero-order chi connectivity index (χ0) is 25.4. The number of hydrogen-bond acceptors (Lipinski definition) is 4. The van der Waals surface area contributed by atoms with Gasteiger partial charge in [0.1, 0.15) is 16.6 Å². The van der Waals surface area contributed by atoms with Crippen molar-refractivity contribution >= 4 is 28.8 Å². The summed E-state index contributed by atoms with van der Waals surface area (Å²) in [7, 11) is -1.23. The van der Waals surface area contributed by atoms with E-state index < -0.39 is 16.6 Å². The molecule has 0 aromatic carbocycles. The maximum Gasteiger partial charge on any atom is 0.410 e. The van der Waals surface area contributed by atoms with Gasteiger partial charge in [0.15, 0.2) is 0 Å². The lowest BCUT2D eigenvalue weighted by Gasteiger charge is -2.43. The molecular formula is C25H48N2O3S2. The molecule has 2 aliphatic heterocycles. The first-order chi connectivity index (χ1) is 15.2. The zero-order valence-electron chi connectivity index (χ0n) is 22.2. The van der Waals surface area contributed by atoms with Crippen LogP contribution in [0.4, 0.5) is 4.79 Å². The molecule has 0 N–H and O–H groups in total. The lowest BCUT2D eigenvalue weighted by atomic mass is 10.0. The Morgan fingerprint density at radius 3 is 2.03 bits per heavy atom. The first kappa shape index (κ1) is 33.1. The number of thioether (sulfide) groups is 1. The van der Waals surface area contributed by atoms with Crippen LogP contribution in [0.15, 0.2) is 35.8 Å². The Morgan fingerprint density at radius 2 is 1.59 bits per heavy atom. The number of rotatable bonds is 4. The van der Waals surface area contributed by atoms with Crippen LogP contribution in [0.2, 0.25) is 0 Å². The molecule has 2 heterocycles. The van der Waals surface area contributed by atoms with Gasteiger partial charge < -0.3 is 9.64 Å². The van der Waals surface area contributed by atoms with E-state index in [1.165, 1.54) is 0 Å². The van der Waals surface area contributed by atoms with E-state index in [4.69, 9.17) is 4.74 Å². The van der Waals surface area contributed by atoms with Gasteiger partial charge in [-0.2, -0.15) is 0 Å². The van der Waals surface area contributed by atoms with Crippen molar-refractivity contribution in [1.82, 2.24) is 9.21 Å². The van der Waals surface area contributed by atoms with E-state index in [1.807, 2.05) is 99.2 Å². The normalized spacial score (nSPS) is 19.1. The first-order valence-corrected chi connectivity index (χ1v) is 14.1. The third kappa shape index (κ3) is 10.3. The second-order valence-electron chi connectivity index (χ2n) is 7.42. The molecule has 0 aromatic heterocycles. The minimum absolute atomic E-state index is 0.175. The summed E-state index contributed by atoms with van der Waals surface area (Å²) in [6.07, 6.45) is 8.58. The molecule has 1 unspecified atom stereocenters. The summed E-state index contributed by atoms with van der Waals surface area (Å²) in [6.45, 7) is 25.3. The number of piperidine rings is 1. The second kappa shape index (κ2) is 17.4. The Bertz CT molecular complexity index is 617. The number of ether oxygens (including phenoxy) is 1. The van der Waals surface area contributed by atoms with Gasteiger partial charge in [0.2, 0.25) is 0 Å². The van der Waals surface area contributed by atoms with Crippen molar-refractivity contribution in [3.8, 4) is 0 Å². The van der Waals surface area contributed by atoms with Crippen LogP contribution in [0.1, 0.15) is 82.1 Å². The molecule has 2 aliphatic rings. The van der Waals surface area contributed by atoms with Crippen LogP contribution in [0.5, 0.6) is 0 Å². The molecule has 0 radical (unpaired) electrons. The lowest BCUT2D eigenvalue weighted by Crippen LogP contribution is -2.53. The monoisotopic (exact) mass is 488 g/mol.